The van der Waals surface area contributed by atoms with Crippen LogP contribution in [0.1, 0.15) is 35.2 Å². The molecule has 1 aliphatic heterocycles. The summed E-state index contributed by atoms with van der Waals surface area (Å²) in [6.07, 6.45) is 2.07. The molecule has 2 aromatic carbocycles. The normalized spacial score (nSPS) is 14.4. The number of hydrogen-bond donors (Lipinski definition) is 2. The van der Waals surface area contributed by atoms with E-state index in [9.17, 15) is 18.0 Å². The van der Waals surface area contributed by atoms with Crippen molar-refractivity contribution >= 4 is 27.5 Å². The van der Waals surface area contributed by atoms with Crippen molar-refractivity contribution in [3.63, 3.8) is 0 Å². The van der Waals surface area contributed by atoms with Crippen molar-refractivity contribution < 1.29 is 22.7 Å². The molecule has 2 aromatic rings. The zero-order valence-corrected chi connectivity index (χ0v) is 17.6. The second kappa shape index (κ2) is 9.27. The van der Waals surface area contributed by atoms with Crippen molar-refractivity contribution in [2.45, 2.75) is 30.6 Å². The first-order chi connectivity index (χ1) is 14.3. The fourth-order valence-corrected chi connectivity index (χ4v) is 5.02. The van der Waals surface area contributed by atoms with Gasteiger partial charge in [0.05, 0.1) is 23.3 Å². The third-order valence-corrected chi connectivity index (χ3v) is 6.94. The molecular formula is C21H25N3O5S. The van der Waals surface area contributed by atoms with Crippen LogP contribution in [0.5, 0.6) is 5.75 Å². The molecule has 3 N–H and O–H groups in total. The molecule has 0 radical (unpaired) electrons. The Morgan fingerprint density at radius 1 is 1.13 bits per heavy atom. The van der Waals surface area contributed by atoms with E-state index in [1.807, 2.05) is 0 Å². The molecular weight excluding hydrogens is 406 g/mol. The van der Waals surface area contributed by atoms with E-state index in [0.717, 1.165) is 12.8 Å². The Kier molecular flexibility index (Phi) is 6.73. The van der Waals surface area contributed by atoms with Crippen molar-refractivity contribution in [1.29, 1.82) is 0 Å². The molecule has 0 atom stereocenters. The molecule has 160 valence electrons. The van der Waals surface area contributed by atoms with Crippen LogP contribution in [0.15, 0.2) is 47.4 Å². The summed E-state index contributed by atoms with van der Waals surface area (Å²) in [6.45, 7) is 1.04. The van der Waals surface area contributed by atoms with Crippen LogP contribution in [0.4, 0.5) is 5.69 Å². The van der Waals surface area contributed by atoms with Gasteiger partial charge in [-0.15, -0.1) is 0 Å². The number of nitrogens with zero attached hydrogens (tertiary/aromatic N) is 1. The van der Waals surface area contributed by atoms with Gasteiger partial charge in [-0.1, -0.05) is 12.1 Å². The molecule has 0 aromatic heterocycles. The summed E-state index contributed by atoms with van der Waals surface area (Å²) < 4.78 is 32.5. The second-order valence-corrected chi connectivity index (χ2v) is 8.98. The number of carbonyl (C=O) groups is 2. The largest absolute Gasteiger partial charge is 0.496 e. The van der Waals surface area contributed by atoms with Crippen molar-refractivity contribution in [2.75, 3.05) is 25.5 Å². The van der Waals surface area contributed by atoms with Gasteiger partial charge in [0.15, 0.2) is 0 Å². The number of rotatable bonds is 8. The van der Waals surface area contributed by atoms with Crippen molar-refractivity contribution in [2.24, 2.45) is 5.73 Å². The van der Waals surface area contributed by atoms with Crippen LogP contribution in [-0.4, -0.2) is 44.7 Å². The van der Waals surface area contributed by atoms with E-state index in [1.165, 1.54) is 23.5 Å². The van der Waals surface area contributed by atoms with E-state index in [-0.39, 0.29) is 29.2 Å². The Hall–Kier alpha value is -2.91. The van der Waals surface area contributed by atoms with E-state index in [1.54, 1.807) is 30.3 Å². The monoisotopic (exact) mass is 431 g/mol. The number of anilines is 1. The van der Waals surface area contributed by atoms with Crippen LogP contribution >= 0.6 is 0 Å². The molecule has 0 bridgehead atoms. The van der Waals surface area contributed by atoms with Gasteiger partial charge < -0.3 is 15.8 Å². The summed E-state index contributed by atoms with van der Waals surface area (Å²) in [5, 5.41) is 2.68. The first-order valence-corrected chi connectivity index (χ1v) is 11.1. The Morgan fingerprint density at radius 3 is 2.50 bits per heavy atom. The van der Waals surface area contributed by atoms with Crippen molar-refractivity contribution in [3.05, 3.63) is 53.6 Å². The first kappa shape index (κ1) is 21.8. The number of hydrogen-bond acceptors (Lipinski definition) is 5. The number of sulfonamides is 1. The van der Waals surface area contributed by atoms with Crippen LogP contribution in [0.25, 0.3) is 0 Å². The average Bonchev–Trinajstić information content (AvgIpc) is 3.28. The zero-order valence-electron chi connectivity index (χ0n) is 16.8. The average molecular weight is 432 g/mol. The van der Waals surface area contributed by atoms with Crippen LogP contribution in [0.3, 0.4) is 0 Å². The number of carbonyl (C=O) groups excluding carboxylic acids is 2. The number of primary amides is 1. The summed E-state index contributed by atoms with van der Waals surface area (Å²) in [5.41, 5.74) is 6.52. The highest BCUT2D eigenvalue weighted by Gasteiger charge is 2.27. The molecule has 1 fully saturated rings. The molecule has 1 heterocycles. The first-order valence-electron chi connectivity index (χ1n) is 9.68. The number of nitrogens with two attached hydrogens (primary N) is 1. The SMILES string of the molecule is COc1ccc(S(=O)(=O)N2CCCC2)cc1CCC(=O)Nc1ccccc1C(N)=O. The standard InChI is InChI=1S/C21H25N3O5S/c1-29-19-10-9-16(30(27,28)24-12-4-5-13-24)14-15(19)8-11-20(25)23-18-7-3-2-6-17(18)21(22)26/h2-3,6-7,9-10,14H,4-5,8,11-13H2,1H3,(H2,22,26)(H,23,25). The van der Waals surface area contributed by atoms with Gasteiger partial charge in [0.1, 0.15) is 5.75 Å². The molecule has 3 rings (SSSR count). The summed E-state index contributed by atoms with van der Waals surface area (Å²) in [4.78, 5) is 24.1. The summed E-state index contributed by atoms with van der Waals surface area (Å²) in [7, 11) is -2.07. The topological polar surface area (TPSA) is 119 Å². The lowest BCUT2D eigenvalue weighted by Crippen LogP contribution is -2.28. The predicted octanol–water partition coefficient (Wildman–Crippen LogP) is 2.15. The maximum Gasteiger partial charge on any atom is 0.250 e. The molecule has 2 amide bonds. The maximum absolute atomic E-state index is 12.8. The molecule has 0 unspecified atom stereocenters. The lowest BCUT2D eigenvalue weighted by atomic mass is 10.1. The van der Waals surface area contributed by atoms with E-state index < -0.39 is 15.9 Å². The molecule has 1 aliphatic rings. The minimum absolute atomic E-state index is 0.0800. The van der Waals surface area contributed by atoms with Gasteiger partial charge >= 0.3 is 0 Å². The molecule has 9 heteroatoms. The van der Waals surface area contributed by atoms with E-state index >= 15 is 0 Å². The number of aryl methyl sites for hydroxylation is 1. The quantitative estimate of drug-likeness (QED) is 0.664. The van der Waals surface area contributed by atoms with Crippen LogP contribution in [0, 0.1) is 0 Å². The second-order valence-electron chi connectivity index (χ2n) is 7.04. The van der Waals surface area contributed by atoms with Gasteiger partial charge in [-0.05, 0) is 55.2 Å². The highest BCUT2D eigenvalue weighted by Crippen LogP contribution is 2.27. The Bertz CT molecular complexity index is 1050. The number of benzene rings is 2. The number of nitrogens with one attached hydrogen (secondary N) is 1. The number of methoxy groups -OCH3 is 1. The van der Waals surface area contributed by atoms with Crippen LogP contribution < -0.4 is 15.8 Å². The van der Waals surface area contributed by atoms with E-state index in [4.69, 9.17) is 10.5 Å². The zero-order chi connectivity index (χ0) is 21.7. The van der Waals surface area contributed by atoms with E-state index in [2.05, 4.69) is 5.32 Å². The Balaban J connectivity index is 1.74. The van der Waals surface area contributed by atoms with Gasteiger partial charge in [-0.3, -0.25) is 9.59 Å². The fourth-order valence-electron chi connectivity index (χ4n) is 3.46. The van der Waals surface area contributed by atoms with E-state index in [0.29, 0.717) is 30.1 Å². The lowest BCUT2D eigenvalue weighted by Gasteiger charge is -2.17. The minimum Gasteiger partial charge on any atom is -0.496 e. The van der Waals surface area contributed by atoms with Crippen LogP contribution in [0.2, 0.25) is 0 Å². The van der Waals surface area contributed by atoms with Gasteiger partial charge in [-0.25, -0.2) is 8.42 Å². The molecule has 1 saturated heterocycles. The molecule has 0 spiro atoms. The molecule has 30 heavy (non-hydrogen) atoms. The molecule has 8 nitrogen and oxygen atoms in total. The fraction of sp³-hybridized carbons (Fsp3) is 0.333. The Morgan fingerprint density at radius 2 is 1.83 bits per heavy atom. The number of ether oxygens (including phenoxy) is 1. The summed E-state index contributed by atoms with van der Waals surface area (Å²) >= 11 is 0. The summed E-state index contributed by atoms with van der Waals surface area (Å²) in [6, 6.07) is 11.2. The van der Waals surface area contributed by atoms with Crippen LogP contribution in [-0.2, 0) is 21.2 Å². The smallest absolute Gasteiger partial charge is 0.250 e. The third kappa shape index (κ3) is 4.80. The summed E-state index contributed by atoms with van der Waals surface area (Å²) in [5.74, 6) is -0.438. The maximum atomic E-state index is 12.8. The predicted molar refractivity (Wildman–Crippen MR) is 113 cm³/mol. The third-order valence-electron chi connectivity index (χ3n) is 5.04. The van der Waals surface area contributed by atoms with Gasteiger partial charge in [0.25, 0.3) is 5.91 Å². The van der Waals surface area contributed by atoms with Crippen molar-refractivity contribution in [3.8, 4) is 5.75 Å². The number of amides is 2. The minimum atomic E-state index is -3.56. The van der Waals surface area contributed by atoms with Gasteiger partial charge in [0.2, 0.25) is 15.9 Å². The van der Waals surface area contributed by atoms with Gasteiger partial charge in [-0.2, -0.15) is 4.31 Å². The van der Waals surface area contributed by atoms with Gasteiger partial charge in [0, 0.05) is 19.5 Å². The molecule has 0 saturated carbocycles. The number of para-hydroxylation sites is 1. The lowest BCUT2D eigenvalue weighted by molar-refractivity contribution is -0.116. The van der Waals surface area contributed by atoms with Crippen molar-refractivity contribution in [1.82, 2.24) is 4.31 Å². The highest BCUT2D eigenvalue weighted by molar-refractivity contribution is 7.89. The molecule has 0 aliphatic carbocycles. The Labute approximate surface area is 176 Å². The highest BCUT2D eigenvalue weighted by atomic mass is 32.2.